The Morgan fingerprint density at radius 1 is 1.21 bits per heavy atom. The molecular formula is C26H29N3O2S2. The highest BCUT2D eigenvalue weighted by Gasteiger charge is 2.13. The Kier molecular flexibility index (Phi) is 8.18. The van der Waals surface area contributed by atoms with Gasteiger partial charge in [0.25, 0.3) is 11.5 Å². The molecule has 4 rings (SSSR count). The van der Waals surface area contributed by atoms with Gasteiger partial charge in [0.15, 0.2) is 4.77 Å². The maximum atomic E-state index is 13.0. The molecule has 0 radical (unpaired) electrons. The van der Waals surface area contributed by atoms with Crippen LogP contribution < -0.4 is 10.9 Å². The molecule has 7 heteroatoms. The summed E-state index contributed by atoms with van der Waals surface area (Å²) >= 11 is 7.25. The molecule has 1 heterocycles. The first-order valence-electron chi connectivity index (χ1n) is 11.5. The molecule has 1 atom stereocenters. The van der Waals surface area contributed by atoms with Crippen molar-refractivity contribution in [2.75, 3.05) is 12.3 Å². The van der Waals surface area contributed by atoms with Crippen LogP contribution in [0.15, 0.2) is 65.5 Å². The van der Waals surface area contributed by atoms with Crippen LogP contribution in [0.3, 0.4) is 0 Å². The molecule has 33 heavy (non-hydrogen) atoms. The van der Waals surface area contributed by atoms with Gasteiger partial charge >= 0.3 is 0 Å². The standard InChI is InChI=1S/C26H29N3O2S2/c30-24(27-14-16-33-18-20-9-5-2-6-10-20)21-11-12-22-23(17-21)28-26(32)29(25(22)31)15-13-19-7-3-1-4-8-19/h2-3,5-7,9-12,17,19H,1,4,8,13-16,18H2,(H,27,30)(H,28,32). The number of aromatic amines is 1. The molecule has 1 amide bonds. The Labute approximate surface area is 203 Å². The summed E-state index contributed by atoms with van der Waals surface area (Å²) in [5.41, 5.74) is 2.30. The highest BCUT2D eigenvalue weighted by Crippen LogP contribution is 2.21. The Balaban J connectivity index is 1.36. The van der Waals surface area contributed by atoms with Crippen LogP contribution in [0.2, 0.25) is 0 Å². The summed E-state index contributed by atoms with van der Waals surface area (Å²) in [4.78, 5) is 28.8. The zero-order chi connectivity index (χ0) is 23.0. The van der Waals surface area contributed by atoms with Gasteiger partial charge in [0, 0.05) is 30.2 Å². The van der Waals surface area contributed by atoms with E-state index in [2.05, 4.69) is 34.6 Å². The number of H-pyrrole nitrogens is 1. The molecule has 1 aliphatic carbocycles. The van der Waals surface area contributed by atoms with Crippen molar-refractivity contribution in [1.29, 1.82) is 0 Å². The van der Waals surface area contributed by atoms with E-state index in [1.807, 2.05) is 18.2 Å². The van der Waals surface area contributed by atoms with Gasteiger partial charge in [0.05, 0.1) is 10.9 Å². The summed E-state index contributed by atoms with van der Waals surface area (Å²) in [5, 5.41) is 3.51. The van der Waals surface area contributed by atoms with Crippen LogP contribution in [0.1, 0.15) is 41.6 Å². The minimum absolute atomic E-state index is 0.0993. The van der Waals surface area contributed by atoms with Crippen LogP contribution in [0.25, 0.3) is 10.9 Å². The average molecular weight is 480 g/mol. The van der Waals surface area contributed by atoms with E-state index in [0.29, 0.717) is 40.2 Å². The van der Waals surface area contributed by atoms with Gasteiger partial charge in [-0.25, -0.2) is 0 Å². The summed E-state index contributed by atoms with van der Waals surface area (Å²) in [5.74, 6) is 2.11. The fraction of sp³-hybridized carbons (Fsp3) is 0.346. The number of thioether (sulfide) groups is 1. The van der Waals surface area contributed by atoms with E-state index in [0.717, 1.165) is 24.3 Å². The third-order valence-corrected chi connectivity index (χ3v) is 7.32. The average Bonchev–Trinajstić information content (AvgIpc) is 2.84. The molecule has 0 saturated carbocycles. The summed E-state index contributed by atoms with van der Waals surface area (Å²) in [6.45, 7) is 1.18. The molecule has 1 aromatic heterocycles. The van der Waals surface area contributed by atoms with E-state index in [9.17, 15) is 9.59 Å². The number of allylic oxidation sites excluding steroid dienone is 2. The highest BCUT2D eigenvalue weighted by atomic mass is 32.2. The number of amides is 1. The molecule has 2 N–H and O–H groups in total. The van der Waals surface area contributed by atoms with Crippen LogP contribution >= 0.6 is 24.0 Å². The van der Waals surface area contributed by atoms with E-state index < -0.39 is 0 Å². The number of hydrogen-bond donors (Lipinski definition) is 2. The second-order valence-corrected chi connectivity index (χ2v) is 9.84. The second-order valence-electron chi connectivity index (χ2n) is 8.35. The minimum Gasteiger partial charge on any atom is -0.351 e. The first-order valence-corrected chi connectivity index (χ1v) is 13.0. The summed E-state index contributed by atoms with van der Waals surface area (Å²) in [7, 11) is 0. The summed E-state index contributed by atoms with van der Waals surface area (Å²) in [6, 6.07) is 15.4. The molecule has 3 aromatic rings. The number of aromatic nitrogens is 2. The fourth-order valence-electron chi connectivity index (χ4n) is 4.12. The third-order valence-electron chi connectivity index (χ3n) is 5.97. The zero-order valence-electron chi connectivity index (χ0n) is 18.6. The minimum atomic E-state index is -0.148. The van der Waals surface area contributed by atoms with E-state index in [1.165, 1.54) is 18.4 Å². The number of benzene rings is 2. The lowest BCUT2D eigenvalue weighted by atomic mass is 9.93. The quantitative estimate of drug-likeness (QED) is 0.243. The van der Waals surface area contributed by atoms with Crippen LogP contribution in [0.4, 0.5) is 0 Å². The molecule has 0 fully saturated rings. The molecule has 0 spiro atoms. The van der Waals surface area contributed by atoms with Crippen molar-refractivity contribution in [3.8, 4) is 0 Å². The van der Waals surface area contributed by atoms with Gasteiger partial charge in [0.2, 0.25) is 0 Å². The van der Waals surface area contributed by atoms with E-state index in [1.54, 1.807) is 34.5 Å². The van der Waals surface area contributed by atoms with Crippen molar-refractivity contribution in [2.24, 2.45) is 5.92 Å². The fourth-order valence-corrected chi connectivity index (χ4v) is 5.22. The topological polar surface area (TPSA) is 66.9 Å². The van der Waals surface area contributed by atoms with Gasteiger partial charge in [-0.2, -0.15) is 11.8 Å². The lowest BCUT2D eigenvalue weighted by molar-refractivity contribution is 0.0956. The number of nitrogens with one attached hydrogen (secondary N) is 2. The third kappa shape index (κ3) is 6.24. The number of fused-ring (bicyclic) bond motifs is 1. The predicted octanol–water partition coefficient (Wildman–Crippen LogP) is 5.47. The Morgan fingerprint density at radius 3 is 2.85 bits per heavy atom. The molecule has 0 aliphatic heterocycles. The first-order chi connectivity index (χ1) is 16.1. The maximum Gasteiger partial charge on any atom is 0.262 e. The van der Waals surface area contributed by atoms with Crippen molar-refractivity contribution in [2.45, 2.75) is 38.0 Å². The monoisotopic (exact) mass is 479 g/mol. The summed E-state index contributed by atoms with van der Waals surface area (Å²) in [6.07, 6.45) is 8.91. The lowest BCUT2D eigenvalue weighted by Crippen LogP contribution is -2.26. The van der Waals surface area contributed by atoms with Gasteiger partial charge in [-0.05, 0) is 67.6 Å². The van der Waals surface area contributed by atoms with Crippen LogP contribution in [-0.2, 0) is 12.3 Å². The Bertz CT molecular complexity index is 1250. The van der Waals surface area contributed by atoms with Crippen LogP contribution in [-0.4, -0.2) is 27.8 Å². The number of carbonyl (C=O) groups is 1. The largest absolute Gasteiger partial charge is 0.351 e. The van der Waals surface area contributed by atoms with Gasteiger partial charge in [0.1, 0.15) is 0 Å². The molecule has 172 valence electrons. The van der Waals surface area contributed by atoms with Crippen molar-refractivity contribution >= 4 is 40.8 Å². The number of rotatable bonds is 9. The van der Waals surface area contributed by atoms with Crippen molar-refractivity contribution in [3.05, 3.63) is 86.9 Å². The molecular weight excluding hydrogens is 450 g/mol. The Hall–Kier alpha value is -2.64. The summed E-state index contributed by atoms with van der Waals surface area (Å²) < 4.78 is 2.05. The van der Waals surface area contributed by atoms with Gasteiger partial charge in [-0.3, -0.25) is 14.2 Å². The number of carbonyl (C=O) groups excluding carboxylic acids is 1. The molecule has 1 unspecified atom stereocenters. The van der Waals surface area contributed by atoms with Gasteiger partial charge in [-0.15, -0.1) is 0 Å². The number of nitrogens with zero attached hydrogens (tertiary/aromatic N) is 1. The maximum absolute atomic E-state index is 13.0. The van der Waals surface area contributed by atoms with E-state index in [-0.39, 0.29) is 11.5 Å². The predicted molar refractivity (Wildman–Crippen MR) is 139 cm³/mol. The van der Waals surface area contributed by atoms with Crippen molar-refractivity contribution < 1.29 is 4.79 Å². The van der Waals surface area contributed by atoms with Crippen LogP contribution in [0, 0.1) is 10.7 Å². The normalized spacial score (nSPS) is 15.6. The van der Waals surface area contributed by atoms with E-state index >= 15 is 0 Å². The van der Waals surface area contributed by atoms with Crippen molar-refractivity contribution in [1.82, 2.24) is 14.9 Å². The van der Waals surface area contributed by atoms with Gasteiger partial charge in [-0.1, -0.05) is 42.5 Å². The Morgan fingerprint density at radius 2 is 2.06 bits per heavy atom. The second kappa shape index (κ2) is 11.5. The molecule has 2 aromatic carbocycles. The highest BCUT2D eigenvalue weighted by molar-refractivity contribution is 7.98. The van der Waals surface area contributed by atoms with Crippen molar-refractivity contribution in [3.63, 3.8) is 0 Å². The number of hydrogen-bond acceptors (Lipinski definition) is 4. The smallest absolute Gasteiger partial charge is 0.262 e. The van der Waals surface area contributed by atoms with Gasteiger partial charge < -0.3 is 10.3 Å². The molecule has 0 saturated heterocycles. The molecule has 0 bridgehead atoms. The van der Waals surface area contributed by atoms with E-state index in [4.69, 9.17) is 12.2 Å². The lowest BCUT2D eigenvalue weighted by Gasteiger charge is -2.17. The first kappa shape index (κ1) is 23.5. The SMILES string of the molecule is O=C(NCCSCc1ccccc1)c1ccc2c(=O)n(CCC3C=CCCC3)c(=S)[nH]c2c1. The molecule has 1 aliphatic rings. The van der Waals surface area contributed by atoms with Crippen LogP contribution in [0.5, 0.6) is 0 Å². The zero-order valence-corrected chi connectivity index (χ0v) is 20.2. The molecule has 5 nitrogen and oxygen atoms in total.